The van der Waals surface area contributed by atoms with Gasteiger partial charge in [-0.1, -0.05) is 0 Å². The third-order valence-corrected chi connectivity index (χ3v) is 2.40. The molecule has 0 saturated heterocycles. The molecular formula is C14H30N2O3. The van der Waals surface area contributed by atoms with Gasteiger partial charge in [0.15, 0.2) is 0 Å². The molecule has 114 valence electrons. The van der Waals surface area contributed by atoms with Crippen LogP contribution in [0.15, 0.2) is 0 Å². The quantitative estimate of drug-likeness (QED) is 0.600. The number of unbranched alkanes of at least 4 members (excludes halogenated alkanes) is 2. The van der Waals surface area contributed by atoms with Crippen molar-refractivity contribution in [1.29, 1.82) is 0 Å². The van der Waals surface area contributed by atoms with Crippen LogP contribution in [0.2, 0.25) is 0 Å². The first-order chi connectivity index (χ1) is 8.95. The second-order valence-electron chi connectivity index (χ2n) is 5.59. The fourth-order valence-electron chi connectivity index (χ4n) is 1.52. The smallest absolute Gasteiger partial charge is 0.407 e. The van der Waals surface area contributed by atoms with Crippen LogP contribution in [-0.4, -0.2) is 45.0 Å². The van der Waals surface area contributed by atoms with Crippen molar-refractivity contribution in [2.75, 3.05) is 33.4 Å². The van der Waals surface area contributed by atoms with Crippen molar-refractivity contribution in [2.24, 2.45) is 0 Å². The summed E-state index contributed by atoms with van der Waals surface area (Å²) in [6.45, 7) is 9.01. The molecule has 0 atom stereocenters. The molecule has 5 heteroatoms. The molecule has 0 spiro atoms. The topological polar surface area (TPSA) is 59.6 Å². The van der Waals surface area contributed by atoms with E-state index in [0.29, 0.717) is 6.54 Å². The lowest BCUT2D eigenvalue weighted by molar-refractivity contribution is 0.0527. The Morgan fingerprint density at radius 3 is 2.32 bits per heavy atom. The van der Waals surface area contributed by atoms with Crippen LogP contribution in [0, 0.1) is 0 Å². The Morgan fingerprint density at radius 1 is 1.00 bits per heavy atom. The zero-order chi connectivity index (χ0) is 14.6. The van der Waals surface area contributed by atoms with Gasteiger partial charge >= 0.3 is 6.09 Å². The second-order valence-corrected chi connectivity index (χ2v) is 5.59. The first-order valence-electron chi connectivity index (χ1n) is 7.12. The van der Waals surface area contributed by atoms with Crippen LogP contribution in [0.25, 0.3) is 0 Å². The van der Waals surface area contributed by atoms with Crippen molar-refractivity contribution in [3.05, 3.63) is 0 Å². The van der Waals surface area contributed by atoms with Crippen LogP contribution >= 0.6 is 0 Å². The molecule has 0 rings (SSSR count). The number of alkyl carbamates (subject to hydrolysis) is 1. The second kappa shape index (κ2) is 11.1. The van der Waals surface area contributed by atoms with Gasteiger partial charge in [0, 0.05) is 20.3 Å². The maximum absolute atomic E-state index is 11.3. The average Bonchev–Trinajstić information content (AvgIpc) is 2.29. The molecule has 0 aliphatic heterocycles. The van der Waals surface area contributed by atoms with Gasteiger partial charge in [0.05, 0.1) is 0 Å². The summed E-state index contributed by atoms with van der Waals surface area (Å²) in [5.74, 6) is 0. The summed E-state index contributed by atoms with van der Waals surface area (Å²) >= 11 is 0. The number of hydrogen-bond donors (Lipinski definition) is 2. The summed E-state index contributed by atoms with van der Waals surface area (Å²) in [6, 6.07) is 0. The predicted octanol–water partition coefficient (Wildman–Crippen LogP) is 2.31. The zero-order valence-corrected chi connectivity index (χ0v) is 12.9. The summed E-state index contributed by atoms with van der Waals surface area (Å²) in [5.41, 5.74) is -0.426. The van der Waals surface area contributed by atoms with Crippen LogP contribution in [0.1, 0.15) is 46.5 Å². The molecule has 0 aromatic heterocycles. The first kappa shape index (κ1) is 18.2. The summed E-state index contributed by atoms with van der Waals surface area (Å²) in [5, 5.41) is 6.09. The van der Waals surface area contributed by atoms with E-state index in [0.717, 1.165) is 32.5 Å². The molecule has 0 aromatic carbocycles. The first-order valence-corrected chi connectivity index (χ1v) is 7.12. The van der Waals surface area contributed by atoms with Crippen molar-refractivity contribution in [1.82, 2.24) is 10.6 Å². The van der Waals surface area contributed by atoms with Crippen LogP contribution in [0.3, 0.4) is 0 Å². The molecule has 19 heavy (non-hydrogen) atoms. The highest BCUT2D eigenvalue weighted by Crippen LogP contribution is 2.06. The minimum atomic E-state index is -0.426. The monoisotopic (exact) mass is 274 g/mol. The highest BCUT2D eigenvalue weighted by molar-refractivity contribution is 5.67. The molecule has 0 aliphatic carbocycles. The molecule has 0 aliphatic rings. The fraction of sp³-hybridized carbons (Fsp3) is 0.929. The van der Waals surface area contributed by atoms with Crippen LogP contribution in [0.4, 0.5) is 4.79 Å². The normalized spacial score (nSPS) is 11.4. The van der Waals surface area contributed by atoms with E-state index < -0.39 is 5.60 Å². The Hall–Kier alpha value is -0.810. The largest absolute Gasteiger partial charge is 0.444 e. The third-order valence-electron chi connectivity index (χ3n) is 2.40. The van der Waals surface area contributed by atoms with Gasteiger partial charge in [0.2, 0.25) is 0 Å². The van der Waals surface area contributed by atoms with Crippen molar-refractivity contribution in [3.8, 4) is 0 Å². The van der Waals surface area contributed by atoms with Crippen molar-refractivity contribution < 1.29 is 14.3 Å². The molecule has 0 aromatic rings. The summed E-state index contributed by atoms with van der Waals surface area (Å²) in [6.07, 6.45) is 4.06. The zero-order valence-electron chi connectivity index (χ0n) is 12.9. The highest BCUT2D eigenvalue weighted by Gasteiger charge is 2.15. The molecule has 1 amide bonds. The van der Waals surface area contributed by atoms with Crippen LogP contribution in [-0.2, 0) is 9.47 Å². The highest BCUT2D eigenvalue weighted by atomic mass is 16.6. The number of nitrogens with one attached hydrogen (secondary N) is 2. The van der Waals surface area contributed by atoms with Gasteiger partial charge in [-0.05, 0) is 59.5 Å². The molecule has 0 unspecified atom stereocenters. The Morgan fingerprint density at radius 2 is 1.68 bits per heavy atom. The molecule has 0 heterocycles. The van der Waals surface area contributed by atoms with Crippen LogP contribution < -0.4 is 10.6 Å². The number of amides is 1. The Labute approximate surface area is 117 Å². The Balaban J connectivity index is 3.21. The summed E-state index contributed by atoms with van der Waals surface area (Å²) < 4.78 is 10.1. The number of carbonyl (C=O) groups is 1. The van der Waals surface area contributed by atoms with Crippen molar-refractivity contribution in [3.63, 3.8) is 0 Å². The lowest BCUT2D eigenvalue weighted by Crippen LogP contribution is -2.34. The maximum Gasteiger partial charge on any atom is 0.407 e. The summed E-state index contributed by atoms with van der Waals surface area (Å²) in [7, 11) is 1.73. The molecule has 0 fully saturated rings. The number of rotatable bonds is 10. The number of carbonyl (C=O) groups excluding carboxylic acids is 1. The van der Waals surface area contributed by atoms with E-state index in [9.17, 15) is 4.79 Å². The van der Waals surface area contributed by atoms with E-state index in [1.807, 2.05) is 20.8 Å². The van der Waals surface area contributed by atoms with E-state index in [-0.39, 0.29) is 6.09 Å². The maximum atomic E-state index is 11.3. The fourth-order valence-corrected chi connectivity index (χ4v) is 1.52. The van der Waals surface area contributed by atoms with Gasteiger partial charge in [-0.25, -0.2) is 4.79 Å². The van der Waals surface area contributed by atoms with E-state index in [4.69, 9.17) is 9.47 Å². The van der Waals surface area contributed by atoms with E-state index in [1.54, 1.807) is 7.11 Å². The van der Waals surface area contributed by atoms with E-state index >= 15 is 0 Å². The molecule has 0 radical (unpaired) electrons. The Kier molecular flexibility index (Phi) is 10.6. The van der Waals surface area contributed by atoms with Gasteiger partial charge in [-0.2, -0.15) is 0 Å². The van der Waals surface area contributed by atoms with E-state index in [1.165, 1.54) is 12.8 Å². The van der Waals surface area contributed by atoms with Crippen molar-refractivity contribution >= 4 is 6.09 Å². The molecule has 2 N–H and O–H groups in total. The third kappa shape index (κ3) is 15.1. The minimum absolute atomic E-state index is 0.341. The standard InChI is InChI=1S/C14H30N2O3/c1-14(2,3)19-13(17)16-11-8-10-15-9-6-5-7-12-18-4/h15H,5-12H2,1-4H3,(H,16,17). The summed E-state index contributed by atoms with van der Waals surface area (Å²) in [4.78, 5) is 11.3. The number of hydrogen-bond acceptors (Lipinski definition) is 4. The molecule has 0 bridgehead atoms. The molecule has 0 saturated carbocycles. The van der Waals surface area contributed by atoms with Gasteiger partial charge in [0.25, 0.3) is 0 Å². The molecule has 5 nitrogen and oxygen atoms in total. The van der Waals surface area contributed by atoms with Gasteiger partial charge in [0.1, 0.15) is 5.60 Å². The molecular weight excluding hydrogens is 244 g/mol. The van der Waals surface area contributed by atoms with Gasteiger partial charge in [-0.15, -0.1) is 0 Å². The minimum Gasteiger partial charge on any atom is -0.444 e. The van der Waals surface area contributed by atoms with Crippen molar-refractivity contribution in [2.45, 2.75) is 52.1 Å². The number of ether oxygens (including phenoxy) is 2. The lowest BCUT2D eigenvalue weighted by Gasteiger charge is -2.19. The van der Waals surface area contributed by atoms with Gasteiger partial charge < -0.3 is 20.1 Å². The SMILES string of the molecule is COCCCCCNCCCNC(=O)OC(C)(C)C. The van der Waals surface area contributed by atoms with Crippen LogP contribution in [0.5, 0.6) is 0 Å². The average molecular weight is 274 g/mol. The lowest BCUT2D eigenvalue weighted by atomic mass is 10.2. The predicted molar refractivity (Wildman–Crippen MR) is 77.5 cm³/mol. The van der Waals surface area contributed by atoms with Gasteiger partial charge in [-0.3, -0.25) is 0 Å². The number of methoxy groups -OCH3 is 1. The Bertz CT molecular complexity index is 227. The van der Waals surface area contributed by atoms with E-state index in [2.05, 4.69) is 10.6 Å².